The van der Waals surface area contributed by atoms with Gasteiger partial charge in [-0.3, -0.25) is 9.59 Å². The van der Waals surface area contributed by atoms with Gasteiger partial charge in [-0.1, -0.05) is 155 Å². The highest BCUT2D eigenvalue weighted by Gasteiger charge is 2.25. The number of carbonyl (C=O) groups excluding carboxylic acids is 3. The predicted molar refractivity (Wildman–Crippen MR) is 190 cm³/mol. The monoisotopic (exact) mass is 670 g/mol. The summed E-state index contributed by atoms with van der Waals surface area (Å²) in [4.78, 5) is 35.0. The molecule has 0 bridgehead atoms. The first-order valence-corrected chi connectivity index (χ1v) is 19.5. The first kappa shape index (κ1) is 45.3. The van der Waals surface area contributed by atoms with Crippen LogP contribution in [0.2, 0.25) is 0 Å². The molecule has 0 N–H and O–H groups in total. The summed E-state index contributed by atoms with van der Waals surface area (Å²) >= 11 is 0. The zero-order valence-corrected chi connectivity index (χ0v) is 31.5. The van der Waals surface area contributed by atoms with Gasteiger partial charge in [0.2, 0.25) is 0 Å². The summed E-state index contributed by atoms with van der Waals surface area (Å²) in [6.07, 6.45) is 31.9. The van der Waals surface area contributed by atoms with E-state index in [4.69, 9.17) is 14.2 Å². The third kappa shape index (κ3) is 31.4. The molecule has 0 aliphatic heterocycles. The molecule has 0 aromatic carbocycles. The summed E-state index contributed by atoms with van der Waals surface area (Å²) in [5, 5.41) is 11.4. The van der Waals surface area contributed by atoms with Gasteiger partial charge in [0.25, 0.3) is 0 Å². The van der Waals surface area contributed by atoms with Crippen molar-refractivity contribution < 1.29 is 38.2 Å². The Balaban J connectivity index is 3.68. The molecule has 0 saturated heterocycles. The summed E-state index contributed by atoms with van der Waals surface area (Å²) in [6.45, 7) is 3.71. The molecule has 0 aromatic rings. The van der Waals surface area contributed by atoms with Crippen LogP contribution >= 0.6 is 0 Å². The lowest BCUT2D eigenvalue weighted by atomic mass is 10.0. The second-order valence-corrected chi connectivity index (χ2v) is 14.6. The Morgan fingerprint density at radius 3 is 1.32 bits per heavy atom. The minimum Gasteiger partial charge on any atom is -0.544 e. The number of carboxylic acid groups (broad SMARTS) is 1. The zero-order valence-electron chi connectivity index (χ0n) is 31.5. The minimum absolute atomic E-state index is 0.0371. The van der Waals surface area contributed by atoms with E-state index in [1.54, 1.807) is 21.1 Å². The molecule has 2 unspecified atom stereocenters. The lowest BCUT2D eigenvalue weighted by Crippen LogP contribution is -2.55. The topological polar surface area (TPSA) is 102 Å². The van der Waals surface area contributed by atoms with Crippen LogP contribution in [0.25, 0.3) is 0 Å². The van der Waals surface area contributed by atoms with Crippen molar-refractivity contribution in [2.45, 2.75) is 193 Å². The third-order valence-corrected chi connectivity index (χ3v) is 9.05. The third-order valence-electron chi connectivity index (χ3n) is 9.05. The van der Waals surface area contributed by atoms with E-state index >= 15 is 0 Å². The first-order chi connectivity index (χ1) is 22.6. The number of carboxylic acids is 1. The van der Waals surface area contributed by atoms with Crippen LogP contribution in [-0.2, 0) is 28.6 Å². The highest BCUT2D eigenvalue weighted by molar-refractivity contribution is 5.70. The molecule has 0 aliphatic rings. The molecule has 0 radical (unpaired) electrons. The van der Waals surface area contributed by atoms with Crippen LogP contribution in [0.4, 0.5) is 0 Å². The average Bonchev–Trinajstić information content (AvgIpc) is 3.00. The summed E-state index contributed by atoms with van der Waals surface area (Å²) in [6, 6.07) is -0.715. The number of carbonyl (C=O) groups is 3. The van der Waals surface area contributed by atoms with Crippen molar-refractivity contribution in [3.05, 3.63) is 0 Å². The maximum absolute atomic E-state index is 12.4. The fourth-order valence-electron chi connectivity index (χ4n) is 6.03. The van der Waals surface area contributed by atoms with Gasteiger partial charge in [-0.15, -0.1) is 0 Å². The van der Waals surface area contributed by atoms with Crippen molar-refractivity contribution in [3.8, 4) is 0 Å². The Morgan fingerprint density at radius 1 is 0.596 bits per heavy atom. The standard InChI is InChI=1S/C39H75NO7/c1-6-7-8-9-10-11-12-13-14-15-16-17-18-19-20-21-22-23-24-25-26-27-28-29-30-38(42)47-36(34-46-35(2)41)33-45-32-31-37(39(43)44)40(3,4)5/h36-37H,6-34H2,1-5H3. The number of nitrogens with zero attached hydrogens (tertiary/aromatic N) is 1. The van der Waals surface area contributed by atoms with Gasteiger partial charge in [-0.2, -0.15) is 0 Å². The van der Waals surface area contributed by atoms with Crippen molar-refractivity contribution >= 4 is 17.9 Å². The molecule has 278 valence electrons. The molecule has 0 aliphatic carbocycles. The van der Waals surface area contributed by atoms with Gasteiger partial charge in [0.05, 0.1) is 40.3 Å². The minimum atomic E-state index is -1.13. The molecule has 0 rings (SSSR count). The van der Waals surface area contributed by atoms with E-state index in [1.165, 1.54) is 142 Å². The summed E-state index contributed by atoms with van der Waals surface area (Å²) in [5.41, 5.74) is 0. The van der Waals surface area contributed by atoms with E-state index in [0.29, 0.717) is 6.42 Å². The van der Waals surface area contributed by atoms with Gasteiger partial charge in [-0.25, -0.2) is 0 Å². The van der Waals surface area contributed by atoms with E-state index in [0.717, 1.165) is 19.3 Å². The normalized spacial score (nSPS) is 13.0. The highest BCUT2D eigenvalue weighted by atomic mass is 16.6. The van der Waals surface area contributed by atoms with Crippen LogP contribution in [0.15, 0.2) is 0 Å². The molecule has 47 heavy (non-hydrogen) atoms. The number of aliphatic carboxylic acids is 1. The average molecular weight is 670 g/mol. The molecule has 0 saturated carbocycles. The second kappa shape index (κ2) is 31.6. The Morgan fingerprint density at radius 2 is 0.979 bits per heavy atom. The van der Waals surface area contributed by atoms with Crippen LogP contribution in [-0.4, -0.2) is 75.5 Å². The van der Waals surface area contributed by atoms with Crippen molar-refractivity contribution in [2.75, 3.05) is 41.0 Å². The van der Waals surface area contributed by atoms with Crippen LogP contribution in [0.5, 0.6) is 0 Å². The number of esters is 2. The van der Waals surface area contributed by atoms with Crippen molar-refractivity contribution in [1.82, 2.24) is 0 Å². The first-order valence-electron chi connectivity index (χ1n) is 19.5. The Bertz CT molecular complexity index is 752. The fraction of sp³-hybridized carbons (Fsp3) is 0.923. The van der Waals surface area contributed by atoms with Crippen LogP contribution in [0.1, 0.15) is 181 Å². The maximum atomic E-state index is 12.4. The predicted octanol–water partition coefficient (Wildman–Crippen LogP) is 8.47. The quantitative estimate of drug-likeness (QED) is 0.0379. The van der Waals surface area contributed by atoms with Gasteiger partial charge < -0.3 is 28.6 Å². The summed E-state index contributed by atoms with van der Waals surface area (Å²) < 4.78 is 16.3. The number of quaternary nitrogens is 1. The van der Waals surface area contributed by atoms with Crippen molar-refractivity contribution in [3.63, 3.8) is 0 Å². The number of hydrogen-bond donors (Lipinski definition) is 0. The Kier molecular flexibility index (Phi) is 30.5. The Hall–Kier alpha value is -1.67. The van der Waals surface area contributed by atoms with Crippen LogP contribution in [0, 0.1) is 0 Å². The number of hydrogen-bond acceptors (Lipinski definition) is 7. The highest BCUT2D eigenvalue weighted by Crippen LogP contribution is 2.16. The van der Waals surface area contributed by atoms with Crippen LogP contribution < -0.4 is 5.11 Å². The summed E-state index contributed by atoms with van der Waals surface area (Å²) in [5.74, 6) is -1.92. The molecule has 0 heterocycles. The molecule has 0 aromatic heterocycles. The molecule has 2 atom stereocenters. The fourth-order valence-corrected chi connectivity index (χ4v) is 6.03. The zero-order chi connectivity index (χ0) is 35.0. The van der Waals surface area contributed by atoms with E-state index in [-0.39, 0.29) is 36.7 Å². The molecule has 0 amide bonds. The number of likely N-dealkylation sites (N-methyl/N-ethyl adjacent to an activating group) is 1. The van der Waals surface area contributed by atoms with Gasteiger partial charge in [-0.05, 0) is 6.42 Å². The van der Waals surface area contributed by atoms with E-state index in [9.17, 15) is 19.5 Å². The molecule has 0 spiro atoms. The van der Waals surface area contributed by atoms with Crippen molar-refractivity contribution in [1.29, 1.82) is 0 Å². The maximum Gasteiger partial charge on any atom is 0.306 e. The lowest BCUT2D eigenvalue weighted by molar-refractivity contribution is -0.889. The lowest BCUT2D eigenvalue weighted by Gasteiger charge is -2.34. The smallest absolute Gasteiger partial charge is 0.306 e. The van der Waals surface area contributed by atoms with Gasteiger partial charge >= 0.3 is 11.9 Å². The van der Waals surface area contributed by atoms with Gasteiger partial charge in [0, 0.05) is 19.8 Å². The molecule has 8 nitrogen and oxygen atoms in total. The van der Waals surface area contributed by atoms with Gasteiger partial charge in [0.1, 0.15) is 12.6 Å². The van der Waals surface area contributed by atoms with E-state index in [1.807, 2.05) is 0 Å². The van der Waals surface area contributed by atoms with E-state index < -0.39 is 24.1 Å². The number of rotatable bonds is 35. The molecule has 0 fully saturated rings. The summed E-state index contributed by atoms with van der Waals surface area (Å²) in [7, 11) is 5.36. The number of ether oxygens (including phenoxy) is 3. The van der Waals surface area contributed by atoms with Crippen molar-refractivity contribution in [2.24, 2.45) is 0 Å². The molecule has 8 heteroatoms. The van der Waals surface area contributed by atoms with Gasteiger partial charge in [0.15, 0.2) is 6.10 Å². The second-order valence-electron chi connectivity index (χ2n) is 14.6. The Labute approximate surface area is 289 Å². The number of unbranched alkanes of at least 4 members (excludes halogenated alkanes) is 23. The van der Waals surface area contributed by atoms with E-state index in [2.05, 4.69) is 6.92 Å². The molecular formula is C39H75NO7. The molecular weight excluding hydrogens is 594 g/mol. The SMILES string of the molecule is CCCCCCCCCCCCCCCCCCCCCCCCCCC(=O)OC(COCCC(C(=O)[O-])[N+](C)(C)C)COC(C)=O. The van der Waals surface area contributed by atoms with Crippen LogP contribution in [0.3, 0.4) is 0 Å². The largest absolute Gasteiger partial charge is 0.544 e.